The van der Waals surface area contributed by atoms with Gasteiger partial charge in [0.05, 0.1) is 24.3 Å². The van der Waals surface area contributed by atoms with Gasteiger partial charge in [0, 0.05) is 0 Å². The van der Waals surface area contributed by atoms with E-state index < -0.39 is 0 Å². The molecule has 0 bridgehead atoms. The van der Waals surface area contributed by atoms with Crippen LogP contribution in [-0.2, 0) is 9.47 Å². The molecule has 162 valence electrons. The average molecular weight is 427 g/mol. The molecule has 3 rings (SSSR count). The van der Waals surface area contributed by atoms with Gasteiger partial charge in [0.1, 0.15) is 0 Å². The lowest BCUT2D eigenvalue weighted by atomic mass is 10.1. The summed E-state index contributed by atoms with van der Waals surface area (Å²) in [4.78, 5) is 23.4. The minimum absolute atomic E-state index is 0.304. The third-order valence-corrected chi connectivity index (χ3v) is 4.72. The van der Waals surface area contributed by atoms with Gasteiger partial charge in [0.15, 0.2) is 0 Å². The molecule has 0 N–H and O–H groups in total. The molecule has 4 heteroatoms. The van der Waals surface area contributed by atoms with Gasteiger partial charge in [-0.15, -0.1) is 0 Å². The second-order valence-corrected chi connectivity index (χ2v) is 7.02. The lowest BCUT2D eigenvalue weighted by molar-refractivity contribution is 0.0516. The van der Waals surface area contributed by atoms with Gasteiger partial charge in [0.25, 0.3) is 0 Å². The Morgan fingerprint density at radius 3 is 1.03 bits per heavy atom. The van der Waals surface area contributed by atoms with E-state index in [9.17, 15) is 9.59 Å². The van der Waals surface area contributed by atoms with Crippen LogP contribution in [0.25, 0.3) is 24.3 Å². The largest absolute Gasteiger partial charge is 0.462 e. The van der Waals surface area contributed by atoms with E-state index in [2.05, 4.69) is 0 Å². The summed E-state index contributed by atoms with van der Waals surface area (Å²) >= 11 is 0. The van der Waals surface area contributed by atoms with Crippen LogP contribution in [0, 0.1) is 0 Å². The van der Waals surface area contributed by atoms with Crippen LogP contribution in [0.5, 0.6) is 0 Å². The molecule has 0 radical (unpaired) electrons. The van der Waals surface area contributed by atoms with E-state index in [0.717, 1.165) is 22.3 Å². The maximum absolute atomic E-state index is 11.7. The molecular formula is C28H26O4. The van der Waals surface area contributed by atoms with Crippen LogP contribution in [0.3, 0.4) is 0 Å². The van der Waals surface area contributed by atoms with Crippen molar-refractivity contribution in [1.82, 2.24) is 0 Å². The normalized spacial score (nSPS) is 11.1. The number of carbonyl (C=O) groups excluding carboxylic acids is 2. The standard InChI is InChI=1S/C28H26O4/c1-3-31-27(29)25-17-13-23(14-18-25)11-9-21-5-7-22(8-6-21)10-12-24-15-19-26(20-16-24)28(30)32-4-2/h5-20H,3-4H2,1-2H3/b11-9+,12-10+. The van der Waals surface area contributed by atoms with E-state index in [4.69, 9.17) is 9.47 Å². The van der Waals surface area contributed by atoms with E-state index >= 15 is 0 Å². The number of esters is 2. The molecule has 32 heavy (non-hydrogen) atoms. The lowest BCUT2D eigenvalue weighted by Crippen LogP contribution is -2.03. The summed E-state index contributed by atoms with van der Waals surface area (Å²) < 4.78 is 10.00. The summed E-state index contributed by atoms with van der Waals surface area (Å²) in [6.45, 7) is 4.32. The fraction of sp³-hybridized carbons (Fsp3) is 0.143. The molecule has 3 aromatic carbocycles. The summed E-state index contributed by atoms with van der Waals surface area (Å²) in [7, 11) is 0. The highest BCUT2D eigenvalue weighted by atomic mass is 16.5. The van der Waals surface area contributed by atoms with Crippen LogP contribution >= 0.6 is 0 Å². The zero-order valence-corrected chi connectivity index (χ0v) is 18.3. The zero-order valence-electron chi connectivity index (χ0n) is 18.3. The van der Waals surface area contributed by atoms with Gasteiger partial charge in [-0.3, -0.25) is 0 Å². The highest BCUT2D eigenvalue weighted by Gasteiger charge is 2.05. The molecule has 0 saturated carbocycles. The van der Waals surface area contributed by atoms with Gasteiger partial charge in [-0.2, -0.15) is 0 Å². The number of hydrogen-bond donors (Lipinski definition) is 0. The fourth-order valence-electron chi connectivity index (χ4n) is 2.99. The van der Waals surface area contributed by atoms with E-state index in [1.165, 1.54) is 0 Å². The van der Waals surface area contributed by atoms with Crippen molar-refractivity contribution in [3.8, 4) is 0 Å². The van der Waals surface area contributed by atoms with Crippen molar-refractivity contribution in [2.24, 2.45) is 0 Å². The van der Waals surface area contributed by atoms with E-state index in [1.54, 1.807) is 38.1 Å². The van der Waals surface area contributed by atoms with Gasteiger partial charge in [-0.1, -0.05) is 72.8 Å². The molecule has 0 aliphatic heterocycles. The molecule has 0 aromatic heterocycles. The van der Waals surface area contributed by atoms with E-state index in [1.807, 2.05) is 72.8 Å². The summed E-state index contributed by atoms with van der Waals surface area (Å²) in [5, 5.41) is 0. The van der Waals surface area contributed by atoms with Crippen LogP contribution < -0.4 is 0 Å². The first kappa shape index (κ1) is 22.8. The molecule has 0 fully saturated rings. The maximum Gasteiger partial charge on any atom is 0.338 e. The van der Waals surface area contributed by atoms with Gasteiger partial charge >= 0.3 is 11.9 Å². The second-order valence-electron chi connectivity index (χ2n) is 7.02. The predicted octanol–water partition coefficient (Wildman–Crippen LogP) is 6.38. The third kappa shape index (κ3) is 6.54. The molecule has 0 spiro atoms. The molecule has 0 atom stereocenters. The second kappa shape index (κ2) is 11.5. The van der Waals surface area contributed by atoms with Crippen molar-refractivity contribution in [3.63, 3.8) is 0 Å². The summed E-state index contributed by atoms with van der Waals surface area (Å²) in [5.41, 5.74) is 5.28. The molecule has 0 aliphatic carbocycles. The predicted molar refractivity (Wildman–Crippen MR) is 129 cm³/mol. The van der Waals surface area contributed by atoms with Crippen LogP contribution in [0.4, 0.5) is 0 Å². The quantitative estimate of drug-likeness (QED) is 0.310. The van der Waals surface area contributed by atoms with Crippen molar-refractivity contribution >= 4 is 36.2 Å². The highest BCUT2D eigenvalue weighted by molar-refractivity contribution is 5.90. The smallest absolute Gasteiger partial charge is 0.338 e. The SMILES string of the molecule is CCOC(=O)c1ccc(/C=C/c2ccc(/C=C/c3ccc(C(=O)OCC)cc3)cc2)cc1. The van der Waals surface area contributed by atoms with Crippen LogP contribution in [0.1, 0.15) is 56.8 Å². The summed E-state index contributed by atoms with van der Waals surface area (Å²) in [6.07, 6.45) is 8.07. The topological polar surface area (TPSA) is 52.6 Å². The van der Waals surface area contributed by atoms with Crippen LogP contribution in [-0.4, -0.2) is 25.2 Å². The van der Waals surface area contributed by atoms with Gasteiger partial charge in [-0.05, 0) is 60.4 Å². The number of rotatable bonds is 8. The number of ether oxygens (including phenoxy) is 2. The highest BCUT2D eigenvalue weighted by Crippen LogP contribution is 2.14. The molecule has 0 saturated heterocycles. The van der Waals surface area contributed by atoms with Crippen LogP contribution in [0.15, 0.2) is 72.8 Å². The Hall–Kier alpha value is -3.92. The van der Waals surface area contributed by atoms with Crippen LogP contribution in [0.2, 0.25) is 0 Å². The minimum Gasteiger partial charge on any atom is -0.462 e. The third-order valence-electron chi connectivity index (χ3n) is 4.72. The Bertz CT molecular complexity index is 999. The van der Waals surface area contributed by atoms with E-state index in [-0.39, 0.29) is 11.9 Å². The fourth-order valence-corrected chi connectivity index (χ4v) is 2.99. The summed E-state index contributed by atoms with van der Waals surface area (Å²) in [6, 6.07) is 22.9. The number of hydrogen-bond acceptors (Lipinski definition) is 4. The van der Waals surface area contributed by atoms with E-state index in [0.29, 0.717) is 24.3 Å². The molecular weight excluding hydrogens is 400 g/mol. The maximum atomic E-state index is 11.7. The Labute approximate surface area is 188 Å². The Morgan fingerprint density at radius 1 is 0.531 bits per heavy atom. The van der Waals surface area contributed by atoms with Gasteiger partial charge < -0.3 is 9.47 Å². The molecule has 0 heterocycles. The first-order valence-electron chi connectivity index (χ1n) is 10.6. The summed E-state index contributed by atoms with van der Waals surface area (Å²) in [5.74, 6) is -0.608. The Morgan fingerprint density at radius 2 is 0.781 bits per heavy atom. The number of carbonyl (C=O) groups is 2. The van der Waals surface area contributed by atoms with Crippen molar-refractivity contribution in [1.29, 1.82) is 0 Å². The Balaban J connectivity index is 1.59. The van der Waals surface area contributed by atoms with Crippen molar-refractivity contribution in [2.75, 3.05) is 13.2 Å². The molecule has 0 aliphatic rings. The lowest BCUT2D eigenvalue weighted by Gasteiger charge is -2.02. The minimum atomic E-state index is -0.304. The molecule has 0 amide bonds. The Kier molecular flexibility index (Phi) is 8.15. The van der Waals surface area contributed by atoms with Crippen molar-refractivity contribution in [2.45, 2.75) is 13.8 Å². The molecule has 4 nitrogen and oxygen atoms in total. The van der Waals surface area contributed by atoms with Gasteiger partial charge in [0.2, 0.25) is 0 Å². The number of benzene rings is 3. The average Bonchev–Trinajstić information content (AvgIpc) is 2.83. The van der Waals surface area contributed by atoms with Crippen molar-refractivity contribution in [3.05, 3.63) is 106 Å². The molecule has 0 unspecified atom stereocenters. The first-order valence-corrected chi connectivity index (χ1v) is 10.6. The first-order chi connectivity index (χ1) is 15.6. The molecule has 3 aromatic rings. The zero-order chi connectivity index (χ0) is 22.8. The monoisotopic (exact) mass is 426 g/mol. The van der Waals surface area contributed by atoms with Crippen molar-refractivity contribution < 1.29 is 19.1 Å². The van der Waals surface area contributed by atoms with Gasteiger partial charge in [-0.25, -0.2) is 9.59 Å².